The molecule has 29 heavy (non-hydrogen) atoms. The van der Waals surface area contributed by atoms with Crippen LogP contribution in [0.3, 0.4) is 0 Å². The van der Waals surface area contributed by atoms with Crippen LogP contribution in [0.2, 0.25) is 10.4 Å². The number of amides is 1. The number of halogens is 3. The fraction of sp³-hybridized carbons (Fsp3) is 0.450. The summed E-state index contributed by atoms with van der Waals surface area (Å²) in [6.07, 6.45) is 0.0123. The van der Waals surface area contributed by atoms with Gasteiger partial charge in [0, 0.05) is 24.7 Å². The van der Waals surface area contributed by atoms with Crippen molar-refractivity contribution in [3.05, 3.63) is 40.0 Å². The standard InChI is InChI=1S/C20H21Cl2FN4O2/c1-10-8-26(9-11(2)29-10)14-6-5-12(7-13(14)23)27-17-15(20(3,4)18(27)28)16(21)24-19(22)25-17/h5-7,10-11H,8-9H2,1-4H3/t10-,11+. The Morgan fingerprint density at radius 2 is 1.83 bits per heavy atom. The van der Waals surface area contributed by atoms with E-state index < -0.39 is 11.2 Å². The van der Waals surface area contributed by atoms with Gasteiger partial charge in [-0.15, -0.1) is 0 Å². The number of hydrogen-bond acceptors (Lipinski definition) is 5. The predicted molar refractivity (Wildman–Crippen MR) is 111 cm³/mol. The summed E-state index contributed by atoms with van der Waals surface area (Å²) in [5.41, 5.74) is 0.360. The molecule has 0 unspecified atom stereocenters. The van der Waals surface area contributed by atoms with Crippen LogP contribution in [0.4, 0.5) is 21.6 Å². The summed E-state index contributed by atoms with van der Waals surface area (Å²) >= 11 is 12.2. The quantitative estimate of drug-likeness (QED) is 0.510. The highest BCUT2D eigenvalue weighted by molar-refractivity contribution is 6.34. The molecule has 1 saturated heterocycles. The normalized spacial score (nSPS) is 23.5. The van der Waals surface area contributed by atoms with E-state index in [0.717, 1.165) is 0 Å². The average Bonchev–Trinajstić information content (AvgIpc) is 2.79. The fourth-order valence-electron chi connectivity index (χ4n) is 4.08. The van der Waals surface area contributed by atoms with Gasteiger partial charge in [-0.3, -0.25) is 9.69 Å². The summed E-state index contributed by atoms with van der Waals surface area (Å²) < 4.78 is 20.8. The first-order valence-corrected chi connectivity index (χ1v) is 10.1. The van der Waals surface area contributed by atoms with Crippen LogP contribution in [0.15, 0.2) is 18.2 Å². The Morgan fingerprint density at radius 3 is 2.45 bits per heavy atom. The predicted octanol–water partition coefficient (Wildman–Crippen LogP) is 4.49. The molecule has 2 aliphatic heterocycles. The van der Waals surface area contributed by atoms with E-state index in [2.05, 4.69) is 9.97 Å². The van der Waals surface area contributed by atoms with Crippen molar-refractivity contribution >= 4 is 46.3 Å². The van der Waals surface area contributed by atoms with Gasteiger partial charge in [-0.1, -0.05) is 11.6 Å². The lowest BCUT2D eigenvalue weighted by atomic mass is 9.88. The number of hydrogen-bond donors (Lipinski definition) is 0. The largest absolute Gasteiger partial charge is 0.372 e. The molecule has 2 aliphatic rings. The van der Waals surface area contributed by atoms with Crippen molar-refractivity contribution in [2.24, 2.45) is 0 Å². The Bertz CT molecular complexity index is 991. The first-order valence-electron chi connectivity index (χ1n) is 9.37. The van der Waals surface area contributed by atoms with Crippen LogP contribution in [0.1, 0.15) is 33.3 Å². The summed E-state index contributed by atoms with van der Waals surface area (Å²) in [4.78, 5) is 24.6. The molecule has 0 spiro atoms. The molecule has 154 valence electrons. The number of fused-ring (bicyclic) bond motifs is 1. The zero-order valence-electron chi connectivity index (χ0n) is 16.5. The third-order valence-electron chi connectivity index (χ3n) is 5.34. The smallest absolute Gasteiger partial charge is 0.243 e. The molecule has 0 N–H and O–H groups in total. The number of carbonyl (C=O) groups is 1. The SMILES string of the molecule is C[C@@H]1CN(c2ccc(N3C(=O)C(C)(C)c4c(Cl)nc(Cl)nc43)cc2F)C[C@H](C)O1. The molecule has 6 nitrogen and oxygen atoms in total. The van der Waals surface area contributed by atoms with E-state index in [1.807, 2.05) is 18.7 Å². The number of carbonyl (C=O) groups excluding carboxylic acids is 1. The van der Waals surface area contributed by atoms with Crippen molar-refractivity contribution in [1.29, 1.82) is 0 Å². The monoisotopic (exact) mass is 438 g/mol. The van der Waals surface area contributed by atoms with E-state index in [0.29, 0.717) is 30.0 Å². The maximum Gasteiger partial charge on any atom is 0.243 e. The number of nitrogens with zero attached hydrogens (tertiary/aromatic N) is 4. The molecule has 1 fully saturated rings. The van der Waals surface area contributed by atoms with Gasteiger partial charge in [0.05, 0.1) is 29.0 Å². The van der Waals surface area contributed by atoms with Crippen LogP contribution in [0, 0.1) is 5.82 Å². The average molecular weight is 439 g/mol. The van der Waals surface area contributed by atoms with E-state index in [1.165, 1.54) is 11.0 Å². The summed E-state index contributed by atoms with van der Waals surface area (Å²) in [5, 5.41) is 0.0480. The molecule has 1 aromatic heterocycles. The van der Waals surface area contributed by atoms with Crippen LogP contribution in [0.5, 0.6) is 0 Å². The molecule has 2 atom stereocenters. The van der Waals surface area contributed by atoms with E-state index in [-0.39, 0.29) is 34.4 Å². The lowest BCUT2D eigenvalue weighted by Gasteiger charge is -2.37. The molecule has 9 heteroatoms. The van der Waals surface area contributed by atoms with Gasteiger partial charge >= 0.3 is 0 Å². The fourth-order valence-corrected chi connectivity index (χ4v) is 4.69. The zero-order valence-corrected chi connectivity index (χ0v) is 18.1. The van der Waals surface area contributed by atoms with Crippen molar-refractivity contribution in [2.45, 2.75) is 45.3 Å². The van der Waals surface area contributed by atoms with E-state index >= 15 is 4.39 Å². The highest BCUT2D eigenvalue weighted by Gasteiger charge is 2.48. The van der Waals surface area contributed by atoms with Crippen molar-refractivity contribution in [3.8, 4) is 0 Å². The number of aromatic nitrogens is 2. The zero-order chi connectivity index (χ0) is 21.1. The number of rotatable bonds is 2. The Hall–Kier alpha value is -1.96. The molecule has 0 bridgehead atoms. The van der Waals surface area contributed by atoms with Crippen LogP contribution in [0.25, 0.3) is 0 Å². The van der Waals surface area contributed by atoms with Gasteiger partial charge < -0.3 is 9.64 Å². The summed E-state index contributed by atoms with van der Waals surface area (Å²) in [5.74, 6) is -0.411. The lowest BCUT2D eigenvalue weighted by molar-refractivity contribution is -0.121. The van der Waals surface area contributed by atoms with Crippen molar-refractivity contribution in [3.63, 3.8) is 0 Å². The molecule has 4 rings (SSSR count). The lowest BCUT2D eigenvalue weighted by Crippen LogP contribution is -2.45. The first-order chi connectivity index (χ1) is 13.6. The minimum absolute atomic E-state index is 0.00615. The van der Waals surface area contributed by atoms with Gasteiger partial charge in [0.15, 0.2) is 5.82 Å². The molecule has 1 aromatic carbocycles. The van der Waals surface area contributed by atoms with Gasteiger partial charge in [-0.05, 0) is 51.4 Å². The van der Waals surface area contributed by atoms with Crippen molar-refractivity contribution < 1.29 is 13.9 Å². The van der Waals surface area contributed by atoms with Gasteiger partial charge in [0.25, 0.3) is 0 Å². The molecule has 0 saturated carbocycles. The molecule has 0 aliphatic carbocycles. The molecular weight excluding hydrogens is 418 g/mol. The number of morpholine rings is 1. The maximum absolute atomic E-state index is 15.1. The Kier molecular flexibility index (Phi) is 4.96. The topological polar surface area (TPSA) is 58.6 Å². The minimum atomic E-state index is -0.957. The van der Waals surface area contributed by atoms with Crippen LogP contribution in [-0.4, -0.2) is 41.2 Å². The summed E-state index contributed by atoms with van der Waals surface area (Å²) in [6, 6.07) is 4.72. The highest BCUT2D eigenvalue weighted by atomic mass is 35.5. The second kappa shape index (κ2) is 7.07. The second-order valence-electron chi connectivity index (χ2n) is 8.05. The summed E-state index contributed by atoms with van der Waals surface area (Å²) in [6.45, 7) is 8.58. The third kappa shape index (κ3) is 3.35. The molecule has 3 heterocycles. The Morgan fingerprint density at radius 1 is 1.17 bits per heavy atom. The van der Waals surface area contributed by atoms with Crippen LogP contribution >= 0.6 is 23.2 Å². The van der Waals surface area contributed by atoms with E-state index in [4.69, 9.17) is 27.9 Å². The molecule has 2 aromatic rings. The minimum Gasteiger partial charge on any atom is -0.372 e. The van der Waals surface area contributed by atoms with E-state index in [1.54, 1.807) is 26.0 Å². The maximum atomic E-state index is 15.1. The van der Waals surface area contributed by atoms with Gasteiger partial charge in [0.1, 0.15) is 11.0 Å². The first kappa shape index (κ1) is 20.3. The molecule has 1 amide bonds. The Balaban J connectivity index is 1.75. The van der Waals surface area contributed by atoms with Crippen LogP contribution < -0.4 is 9.80 Å². The van der Waals surface area contributed by atoms with Crippen molar-refractivity contribution in [2.75, 3.05) is 22.9 Å². The van der Waals surface area contributed by atoms with Gasteiger partial charge in [-0.2, -0.15) is 4.98 Å². The molecular formula is C20H21Cl2FN4O2. The number of ether oxygens (including phenoxy) is 1. The third-order valence-corrected chi connectivity index (χ3v) is 5.79. The van der Waals surface area contributed by atoms with E-state index in [9.17, 15) is 4.79 Å². The van der Waals surface area contributed by atoms with Gasteiger partial charge in [-0.25, -0.2) is 9.37 Å². The van der Waals surface area contributed by atoms with Gasteiger partial charge in [0.2, 0.25) is 11.2 Å². The summed E-state index contributed by atoms with van der Waals surface area (Å²) in [7, 11) is 0. The number of anilines is 3. The highest BCUT2D eigenvalue weighted by Crippen LogP contribution is 2.47. The van der Waals surface area contributed by atoms with Crippen LogP contribution in [-0.2, 0) is 14.9 Å². The molecule has 0 radical (unpaired) electrons. The van der Waals surface area contributed by atoms with Crippen molar-refractivity contribution in [1.82, 2.24) is 9.97 Å². The second-order valence-corrected chi connectivity index (χ2v) is 8.74. The number of benzene rings is 1. The Labute approximate surface area is 178 Å².